The highest BCUT2D eigenvalue weighted by Crippen LogP contribution is 2.20. The number of urea groups is 1. The lowest BCUT2D eigenvalue weighted by atomic mass is 10.1. The van der Waals surface area contributed by atoms with Crippen molar-refractivity contribution in [3.05, 3.63) is 64.7 Å². The van der Waals surface area contributed by atoms with Gasteiger partial charge in [-0.1, -0.05) is 35.9 Å². The Kier molecular flexibility index (Phi) is 5.27. The first-order valence-electron chi connectivity index (χ1n) is 8.93. The second-order valence-corrected chi connectivity index (χ2v) is 6.96. The summed E-state index contributed by atoms with van der Waals surface area (Å²) in [5.74, 6) is 0. The van der Waals surface area contributed by atoms with E-state index in [0.29, 0.717) is 6.54 Å². The molecule has 2 aromatic rings. The molecule has 1 heterocycles. The highest BCUT2D eigenvalue weighted by atomic mass is 16.2. The first-order chi connectivity index (χ1) is 12.0. The van der Waals surface area contributed by atoms with Gasteiger partial charge in [-0.15, -0.1) is 0 Å². The molecule has 2 amide bonds. The SMILES string of the molecule is Cc1ccc(CNC(=O)N2CCN(c3cc(C)cc(C)c3)CC2)cc1. The Morgan fingerprint density at radius 3 is 2.08 bits per heavy atom. The lowest BCUT2D eigenvalue weighted by molar-refractivity contribution is 0.194. The van der Waals surface area contributed by atoms with Gasteiger partial charge in [-0.25, -0.2) is 4.79 Å². The Balaban J connectivity index is 1.51. The van der Waals surface area contributed by atoms with Crippen LogP contribution >= 0.6 is 0 Å². The molecule has 3 rings (SSSR count). The normalized spacial score (nSPS) is 14.5. The van der Waals surface area contributed by atoms with Crippen molar-refractivity contribution in [2.24, 2.45) is 0 Å². The Morgan fingerprint density at radius 2 is 1.48 bits per heavy atom. The zero-order valence-electron chi connectivity index (χ0n) is 15.4. The van der Waals surface area contributed by atoms with Crippen LogP contribution in [0.25, 0.3) is 0 Å². The van der Waals surface area contributed by atoms with Crippen molar-refractivity contribution >= 4 is 11.7 Å². The number of aryl methyl sites for hydroxylation is 3. The van der Waals surface area contributed by atoms with E-state index in [1.54, 1.807) is 0 Å². The summed E-state index contributed by atoms with van der Waals surface area (Å²) in [7, 11) is 0. The summed E-state index contributed by atoms with van der Waals surface area (Å²) >= 11 is 0. The second kappa shape index (κ2) is 7.60. The fourth-order valence-corrected chi connectivity index (χ4v) is 3.30. The molecule has 0 aromatic heterocycles. The summed E-state index contributed by atoms with van der Waals surface area (Å²) in [5.41, 5.74) is 6.20. The predicted molar refractivity (Wildman–Crippen MR) is 103 cm³/mol. The van der Waals surface area contributed by atoms with Gasteiger partial charge in [0.25, 0.3) is 0 Å². The first-order valence-corrected chi connectivity index (χ1v) is 8.93. The molecule has 25 heavy (non-hydrogen) atoms. The number of anilines is 1. The second-order valence-electron chi connectivity index (χ2n) is 6.96. The molecule has 4 heteroatoms. The van der Waals surface area contributed by atoms with Crippen molar-refractivity contribution in [2.45, 2.75) is 27.3 Å². The summed E-state index contributed by atoms with van der Waals surface area (Å²) in [6.07, 6.45) is 0. The molecule has 0 radical (unpaired) electrons. The van der Waals surface area contributed by atoms with Gasteiger partial charge >= 0.3 is 6.03 Å². The summed E-state index contributed by atoms with van der Waals surface area (Å²) in [6, 6.07) is 14.9. The van der Waals surface area contributed by atoms with E-state index in [2.05, 4.69) is 73.5 Å². The topological polar surface area (TPSA) is 35.6 Å². The number of hydrogen-bond donors (Lipinski definition) is 1. The van der Waals surface area contributed by atoms with Gasteiger partial charge in [-0.2, -0.15) is 0 Å². The Morgan fingerprint density at radius 1 is 0.880 bits per heavy atom. The molecule has 1 aliphatic heterocycles. The predicted octanol–water partition coefficient (Wildman–Crippen LogP) is 3.64. The number of hydrogen-bond acceptors (Lipinski definition) is 2. The van der Waals surface area contributed by atoms with E-state index in [1.807, 2.05) is 4.90 Å². The molecule has 2 aromatic carbocycles. The summed E-state index contributed by atoms with van der Waals surface area (Å²) in [4.78, 5) is 16.7. The van der Waals surface area contributed by atoms with Gasteiger partial charge < -0.3 is 15.1 Å². The number of carbonyl (C=O) groups excluding carboxylic acids is 1. The van der Waals surface area contributed by atoms with E-state index < -0.39 is 0 Å². The van der Waals surface area contributed by atoms with Crippen molar-refractivity contribution in [3.63, 3.8) is 0 Å². The van der Waals surface area contributed by atoms with Gasteiger partial charge in [-0.05, 0) is 49.6 Å². The zero-order chi connectivity index (χ0) is 17.8. The molecule has 1 aliphatic rings. The van der Waals surface area contributed by atoms with Crippen molar-refractivity contribution in [1.29, 1.82) is 0 Å². The maximum Gasteiger partial charge on any atom is 0.317 e. The number of nitrogens with one attached hydrogen (secondary N) is 1. The van der Waals surface area contributed by atoms with E-state index in [9.17, 15) is 4.79 Å². The summed E-state index contributed by atoms with van der Waals surface area (Å²) in [5, 5.41) is 3.03. The molecule has 0 bridgehead atoms. The summed E-state index contributed by atoms with van der Waals surface area (Å²) in [6.45, 7) is 10.2. The maximum atomic E-state index is 12.4. The van der Waals surface area contributed by atoms with Crippen molar-refractivity contribution < 1.29 is 4.79 Å². The highest BCUT2D eigenvalue weighted by molar-refractivity contribution is 5.74. The number of piperazine rings is 1. The Labute approximate surface area is 150 Å². The van der Waals surface area contributed by atoms with Crippen LogP contribution in [0, 0.1) is 20.8 Å². The van der Waals surface area contributed by atoms with Crippen LogP contribution in [0.2, 0.25) is 0 Å². The van der Waals surface area contributed by atoms with E-state index in [1.165, 1.54) is 22.4 Å². The van der Waals surface area contributed by atoms with Gasteiger partial charge in [0.2, 0.25) is 0 Å². The van der Waals surface area contributed by atoms with Gasteiger partial charge in [0.15, 0.2) is 0 Å². The van der Waals surface area contributed by atoms with Crippen LogP contribution in [0.3, 0.4) is 0 Å². The third kappa shape index (κ3) is 4.53. The first kappa shape index (κ1) is 17.3. The lowest BCUT2D eigenvalue weighted by Gasteiger charge is -2.36. The van der Waals surface area contributed by atoms with Crippen LogP contribution in [0.1, 0.15) is 22.3 Å². The number of carbonyl (C=O) groups is 1. The Bertz CT molecular complexity index is 711. The third-order valence-corrected chi connectivity index (χ3v) is 4.70. The minimum absolute atomic E-state index is 0.0284. The van der Waals surface area contributed by atoms with Crippen molar-refractivity contribution in [2.75, 3.05) is 31.1 Å². The molecule has 0 spiro atoms. The number of rotatable bonds is 3. The van der Waals surface area contributed by atoms with E-state index in [-0.39, 0.29) is 6.03 Å². The fraction of sp³-hybridized carbons (Fsp3) is 0.381. The standard InChI is InChI=1S/C21H27N3O/c1-16-4-6-19(7-5-16)15-22-21(25)24-10-8-23(9-11-24)20-13-17(2)12-18(3)14-20/h4-7,12-14H,8-11,15H2,1-3H3,(H,22,25). The average molecular weight is 337 g/mol. The van der Waals surface area contributed by atoms with Crippen LogP contribution in [-0.4, -0.2) is 37.1 Å². The quantitative estimate of drug-likeness (QED) is 0.928. The molecule has 1 saturated heterocycles. The van der Waals surface area contributed by atoms with Crippen molar-refractivity contribution in [3.8, 4) is 0 Å². The number of benzene rings is 2. The van der Waals surface area contributed by atoms with Crippen LogP contribution in [0.15, 0.2) is 42.5 Å². The van der Waals surface area contributed by atoms with Gasteiger partial charge in [-0.3, -0.25) is 0 Å². The monoisotopic (exact) mass is 337 g/mol. The van der Waals surface area contributed by atoms with Crippen LogP contribution in [0.5, 0.6) is 0 Å². The van der Waals surface area contributed by atoms with Crippen molar-refractivity contribution in [1.82, 2.24) is 10.2 Å². The zero-order valence-corrected chi connectivity index (χ0v) is 15.4. The molecule has 0 aliphatic carbocycles. The van der Waals surface area contributed by atoms with E-state index in [4.69, 9.17) is 0 Å². The third-order valence-electron chi connectivity index (χ3n) is 4.70. The molecular weight excluding hydrogens is 310 g/mol. The van der Waals surface area contributed by atoms with Crippen LogP contribution in [0.4, 0.5) is 10.5 Å². The molecule has 0 unspecified atom stereocenters. The molecular formula is C21H27N3O. The minimum atomic E-state index is 0.0284. The summed E-state index contributed by atoms with van der Waals surface area (Å²) < 4.78 is 0. The van der Waals surface area contributed by atoms with Gasteiger partial charge in [0.05, 0.1) is 0 Å². The Hall–Kier alpha value is -2.49. The maximum absolute atomic E-state index is 12.4. The molecule has 1 N–H and O–H groups in total. The van der Waals surface area contributed by atoms with Crippen LogP contribution in [-0.2, 0) is 6.54 Å². The molecule has 0 saturated carbocycles. The molecule has 1 fully saturated rings. The lowest BCUT2D eigenvalue weighted by Crippen LogP contribution is -2.51. The van der Waals surface area contributed by atoms with E-state index >= 15 is 0 Å². The minimum Gasteiger partial charge on any atom is -0.368 e. The fourth-order valence-electron chi connectivity index (χ4n) is 3.30. The number of amides is 2. The van der Waals surface area contributed by atoms with Crippen LogP contribution < -0.4 is 10.2 Å². The van der Waals surface area contributed by atoms with Gasteiger partial charge in [0.1, 0.15) is 0 Å². The largest absolute Gasteiger partial charge is 0.368 e. The molecule has 132 valence electrons. The average Bonchev–Trinajstić information content (AvgIpc) is 2.60. The molecule has 4 nitrogen and oxygen atoms in total. The smallest absolute Gasteiger partial charge is 0.317 e. The highest BCUT2D eigenvalue weighted by Gasteiger charge is 2.21. The number of nitrogens with zero attached hydrogens (tertiary/aromatic N) is 2. The van der Waals surface area contributed by atoms with E-state index in [0.717, 1.165) is 31.7 Å². The van der Waals surface area contributed by atoms with Gasteiger partial charge in [0, 0.05) is 38.4 Å². The molecule has 0 atom stereocenters.